The van der Waals surface area contributed by atoms with Crippen LogP contribution in [-0.4, -0.2) is 48.7 Å². The SMILES string of the molecule is O=C(NC[C@@H]1CCSC1)N1CCC[C@H]1c1ccc2c(c1)OCCO2. The van der Waals surface area contributed by atoms with Crippen molar-refractivity contribution in [2.75, 3.05) is 37.8 Å². The number of nitrogens with zero attached hydrogens (tertiary/aromatic N) is 1. The van der Waals surface area contributed by atoms with E-state index in [9.17, 15) is 4.79 Å². The van der Waals surface area contributed by atoms with Gasteiger partial charge in [-0.05, 0) is 54.4 Å². The molecular weight excluding hydrogens is 324 g/mol. The van der Waals surface area contributed by atoms with Gasteiger partial charge in [-0.1, -0.05) is 6.07 Å². The molecule has 3 aliphatic heterocycles. The molecule has 2 saturated heterocycles. The van der Waals surface area contributed by atoms with Crippen molar-refractivity contribution in [3.8, 4) is 11.5 Å². The number of hydrogen-bond donors (Lipinski definition) is 1. The predicted molar refractivity (Wildman–Crippen MR) is 94.9 cm³/mol. The van der Waals surface area contributed by atoms with Gasteiger partial charge in [0.15, 0.2) is 11.5 Å². The minimum atomic E-state index is 0.0734. The molecule has 2 atom stereocenters. The van der Waals surface area contributed by atoms with E-state index in [-0.39, 0.29) is 12.1 Å². The second-order valence-corrected chi connectivity index (χ2v) is 7.82. The highest BCUT2D eigenvalue weighted by atomic mass is 32.2. The van der Waals surface area contributed by atoms with Crippen LogP contribution in [0.4, 0.5) is 4.79 Å². The van der Waals surface area contributed by atoms with Crippen LogP contribution in [0.15, 0.2) is 18.2 Å². The van der Waals surface area contributed by atoms with Gasteiger partial charge in [0.25, 0.3) is 0 Å². The van der Waals surface area contributed by atoms with Crippen LogP contribution in [0.3, 0.4) is 0 Å². The highest BCUT2D eigenvalue weighted by molar-refractivity contribution is 7.99. The predicted octanol–water partition coefficient (Wildman–Crippen LogP) is 3.06. The summed E-state index contributed by atoms with van der Waals surface area (Å²) < 4.78 is 11.3. The summed E-state index contributed by atoms with van der Waals surface area (Å²) in [4.78, 5) is 14.6. The zero-order chi connectivity index (χ0) is 16.4. The first kappa shape index (κ1) is 15.9. The van der Waals surface area contributed by atoms with Gasteiger partial charge in [-0.3, -0.25) is 0 Å². The number of rotatable bonds is 3. The molecule has 130 valence electrons. The van der Waals surface area contributed by atoms with E-state index < -0.39 is 0 Å². The van der Waals surface area contributed by atoms with E-state index in [0.717, 1.165) is 43.0 Å². The van der Waals surface area contributed by atoms with Gasteiger partial charge in [0.1, 0.15) is 13.2 Å². The van der Waals surface area contributed by atoms with Crippen molar-refractivity contribution in [3.63, 3.8) is 0 Å². The van der Waals surface area contributed by atoms with Crippen LogP contribution in [0.1, 0.15) is 30.9 Å². The summed E-state index contributed by atoms with van der Waals surface area (Å²) in [7, 11) is 0. The first-order valence-electron chi connectivity index (χ1n) is 8.83. The van der Waals surface area contributed by atoms with E-state index >= 15 is 0 Å². The molecule has 0 radical (unpaired) electrons. The lowest BCUT2D eigenvalue weighted by atomic mass is 10.0. The Morgan fingerprint density at radius 2 is 2.12 bits per heavy atom. The number of benzene rings is 1. The molecule has 0 aliphatic carbocycles. The fraction of sp³-hybridized carbons (Fsp3) is 0.611. The molecule has 1 aromatic rings. The van der Waals surface area contributed by atoms with E-state index in [2.05, 4.69) is 11.4 Å². The summed E-state index contributed by atoms with van der Waals surface area (Å²) in [5, 5.41) is 3.15. The Balaban J connectivity index is 1.43. The average molecular weight is 348 g/mol. The number of carbonyl (C=O) groups excluding carboxylic acids is 1. The van der Waals surface area contributed by atoms with Crippen molar-refractivity contribution >= 4 is 17.8 Å². The lowest BCUT2D eigenvalue weighted by molar-refractivity contribution is 0.170. The van der Waals surface area contributed by atoms with E-state index in [1.807, 2.05) is 28.8 Å². The molecule has 6 heteroatoms. The summed E-state index contributed by atoms with van der Waals surface area (Å²) in [5.74, 6) is 4.64. The van der Waals surface area contributed by atoms with Gasteiger partial charge in [0, 0.05) is 13.1 Å². The molecule has 0 spiro atoms. The van der Waals surface area contributed by atoms with Crippen LogP contribution in [-0.2, 0) is 0 Å². The normalized spacial score (nSPS) is 25.8. The van der Waals surface area contributed by atoms with Crippen LogP contribution in [0.25, 0.3) is 0 Å². The van der Waals surface area contributed by atoms with Crippen LogP contribution in [0.5, 0.6) is 11.5 Å². The summed E-state index contributed by atoms with van der Waals surface area (Å²) in [6.45, 7) is 2.81. The molecule has 5 nitrogen and oxygen atoms in total. The molecule has 0 saturated carbocycles. The van der Waals surface area contributed by atoms with Gasteiger partial charge < -0.3 is 19.7 Å². The topological polar surface area (TPSA) is 50.8 Å². The Hall–Kier alpha value is -1.56. The Kier molecular flexibility index (Phi) is 4.74. The van der Waals surface area contributed by atoms with Crippen molar-refractivity contribution in [2.24, 2.45) is 5.92 Å². The molecule has 3 aliphatic rings. The fourth-order valence-corrected chi connectivity index (χ4v) is 4.99. The van der Waals surface area contributed by atoms with E-state index in [1.54, 1.807) is 0 Å². The molecule has 1 N–H and O–H groups in total. The van der Waals surface area contributed by atoms with E-state index in [1.165, 1.54) is 17.9 Å². The number of likely N-dealkylation sites (tertiary alicyclic amines) is 1. The van der Waals surface area contributed by atoms with Crippen molar-refractivity contribution in [3.05, 3.63) is 23.8 Å². The second-order valence-electron chi connectivity index (χ2n) is 6.67. The minimum absolute atomic E-state index is 0.0734. The van der Waals surface area contributed by atoms with Gasteiger partial charge in [0.2, 0.25) is 0 Å². The molecule has 0 aromatic heterocycles. The van der Waals surface area contributed by atoms with Gasteiger partial charge in [-0.15, -0.1) is 0 Å². The minimum Gasteiger partial charge on any atom is -0.486 e. The number of ether oxygens (including phenoxy) is 2. The third-order valence-corrected chi connectivity index (χ3v) is 6.26. The van der Waals surface area contributed by atoms with Gasteiger partial charge in [-0.2, -0.15) is 11.8 Å². The summed E-state index contributed by atoms with van der Waals surface area (Å²) in [5.41, 5.74) is 1.14. The molecule has 0 bridgehead atoms. The maximum Gasteiger partial charge on any atom is 0.317 e. The summed E-state index contributed by atoms with van der Waals surface area (Å²) in [6.07, 6.45) is 3.27. The standard InChI is InChI=1S/C18H24N2O3S/c21-18(19-11-13-5-9-24-12-13)20-6-1-2-15(20)14-3-4-16-17(10-14)23-8-7-22-16/h3-4,10,13,15H,1-2,5-9,11-12H2,(H,19,21)/t13-,15-/m0/s1. The second kappa shape index (κ2) is 7.13. The van der Waals surface area contributed by atoms with E-state index in [0.29, 0.717) is 19.1 Å². The van der Waals surface area contributed by atoms with Crippen LogP contribution in [0, 0.1) is 5.92 Å². The highest BCUT2D eigenvalue weighted by Crippen LogP contribution is 2.38. The lowest BCUT2D eigenvalue weighted by Crippen LogP contribution is -2.41. The Morgan fingerprint density at radius 3 is 2.96 bits per heavy atom. The van der Waals surface area contributed by atoms with Crippen molar-refractivity contribution < 1.29 is 14.3 Å². The fourth-order valence-electron chi connectivity index (χ4n) is 3.70. The summed E-state index contributed by atoms with van der Waals surface area (Å²) in [6, 6.07) is 6.28. The quantitative estimate of drug-likeness (QED) is 0.912. The number of nitrogens with one attached hydrogen (secondary N) is 1. The number of amides is 2. The average Bonchev–Trinajstić information content (AvgIpc) is 3.31. The van der Waals surface area contributed by atoms with Crippen LogP contribution < -0.4 is 14.8 Å². The van der Waals surface area contributed by atoms with E-state index in [4.69, 9.17) is 9.47 Å². The largest absolute Gasteiger partial charge is 0.486 e. The Bertz CT molecular complexity index is 604. The lowest BCUT2D eigenvalue weighted by Gasteiger charge is -2.27. The van der Waals surface area contributed by atoms with Gasteiger partial charge in [0.05, 0.1) is 6.04 Å². The van der Waals surface area contributed by atoms with Crippen LogP contribution >= 0.6 is 11.8 Å². The zero-order valence-electron chi connectivity index (χ0n) is 13.8. The number of fused-ring (bicyclic) bond motifs is 1. The monoisotopic (exact) mass is 348 g/mol. The van der Waals surface area contributed by atoms with Crippen molar-refractivity contribution in [1.82, 2.24) is 10.2 Å². The number of hydrogen-bond acceptors (Lipinski definition) is 4. The first-order chi connectivity index (χ1) is 11.8. The third kappa shape index (κ3) is 3.29. The maximum absolute atomic E-state index is 12.6. The summed E-state index contributed by atoms with van der Waals surface area (Å²) >= 11 is 1.99. The van der Waals surface area contributed by atoms with Crippen LogP contribution in [0.2, 0.25) is 0 Å². The maximum atomic E-state index is 12.6. The molecule has 1 aromatic carbocycles. The molecule has 24 heavy (non-hydrogen) atoms. The third-order valence-electron chi connectivity index (χ3n) is 5.03. The zero-order valence-corrected chi connectivity index (χ0v) is 14.6. The van der Waals surface area contributed by atoms with Crippen molar-refractivity contribution in [2.45, 2.75) is 25.3 Å². The van der Waals surface area contributed by atoms with Gasteiger partial charge in [-0.25, -0.2) is 4.79 Å². The molecule has 2 amide bonds. The first-order valence-corrected chi connectivity index (χ1v) is 9.98. The number of carbonyl (C=O) groups is 1. The molecule has 0 unspecified atom stereocenters. The Morgan fingerprint density at radius 1 is 1.25 bits per heavy atom. The molecule has 4 rings (SSSR count). The highest BCUT2D eigenvalue weighted by Gasteiger charge is 2.31. The molecular formula is C18H24N2O3S. The van der Waals surface area contributed by atoms with Crippen molar-refractivity contribution in [1.29, 1.82) is 0 Å². The molecule has 3 heterocycles. The van der Waals surface area contributed by atoms with Gasteiger partial charge >= 0.3 is 6.03 Å². The molecule has 2 fully saturated rings. The smallest absolute Gasteiger partial charge is 0.317 e. The number of thioether (sulfide) groups is 1. The number of urea groups is 1. The Labute approximate surface area is 147 Å².